The first-order valence-electron chi connectivity index (χ1n) is 13.1. The van der Waals surface area contributed by atoms with Crippen LogP contribution in [0, 0.1) is 0 Å². The van der Waals surface area contributed by atoms with Gasteiger partial charge in [0.05, 0.1) is 65.6 Å². The molecule has 1 saturated heterocycles. The Kier molecular flexibility index (Phi) is 22.3. The molecule has 0 unspecified atom stereocenters. The molecule has 0 spiro atoms. The second-order valence-corrected chi connectivity index (χ2v) is 8.36. The van der Waals surface area contributed by atoms with Gasteiger partial charge in [-0.3, -0.25) is 4.79 Å². The third-order valence-electron chi connectivity index (χ3n) is 5.46. The van der Waals surface area contributed by atoms with E-state index in [0.717, 1.165) is 38.8 Å². The van der Waals surface area contributed by atoms with Crippen LogP contribution < -0.4 is 5.32 Å². The SMILES string of the molecule is CCCCCCCCCC(=O)OCCOCCOCCOCCOCCOC1CCNCC1. The molecule has 1 aliphatic rings. The number of ether oxygens (including phenoxy) is 6. The van der Waals surface area contributed by atoms with Crippen molar-refractivity contribution in [1.82, 2.24) is 5.32 Å². The van der Waals surface area contributed by atoms with Crippen molar-refractivity contribution in [3.05, 3.63) is 0 Å². The molecule has 0 aliphatic carbocycles. The lowest BCUT2D eigenvalue weighted by Crippen LogP contribution is -2.33. The molecule has 0 radical (unpaired) electrons. The predicted molar refractivity (Wildman–Crippen MR) is 129 cm³/mol. The summed E-state index contributed by atoms with van der Waals surface area (Å²) in [7, 11) is 0. The molecule has 0 atom stereocenters. The highest BCUT2D eigenvalue weighted by molar-refractivity contribution is 5.69. The third kappa shape index (κ3) is 21.5. The second-order valence-electron chi connectivity index (χ2n) is 8.36. The fraction of sp³-hybridized carbons (Fsp3) is 0.960. The molecule has 33 heavy (non-hydrogen) atoms. The standard InChI is InChI=1S/C25H49NO7/c1-2-3-4-5-6-7-8-9-25(27)33-23-21-31-19-17-29-15-14-28-16-18-30-20-22-32-24-10-12-26-13-11-24/h24,26H,2-23H2,1H3. The van der Waals surface area contributed by atoms with Gasteiger partial charge >= 0.3 is 5.97 Å². The molecule has 0 aromatic carbocycles. The molecule has 1 rings (SSSR count). The molecule has 1 N–H and O–H groups in total. The van der Waals surface area contributed by atoms with Gasteiger partial charge in [0.1, 0.15) is 6.61 Å². The van der Waals surface area contributed by atoms with Crippen molar-refractivity contribution in [2.45, 2.75) is 77.2 Å². The van der Waals surface area contributed by atoms with Crippen molar-refractivity contribution in [3.8, 4) is 0 Å². The maximum Gasteiger partial charge on any atom is 0.305 e. The van der Waals surface area contributed by atoms with Gasteiger partial charge in [-0.1, -0.05) is 45.4 Å². The number of hydrogen-bond donors (Lipinski definition) is 1. The molecular weight excluding hydrogens is 426 g/mol. The number of unbranched alkanes of at least 4 members (excludes halogenated alkanes) is 6. The Hall–Kier alpha value is -0.770. The zero-order valence-corrected chi connectivity index (χ0v) is 21.0. The van der Waals surface area contributed by atoms with E-state index in [0.29, 0.717) is 78.6 Å². The molecular formula is C25H49NO7. The summed E-state index contributed by atoms with van der Waals surface area (Å²) in [6.07, 6.45) is 11.4. The van der Waals surface area contributed by atoms with Crippen molar-refractivity contribution < 1.29 is 33.2 Å². The van der Waals surface area contributed by atoms with E-state index in [2.05, 4.69) is 12.2 Å². The van der Waals surface area contributed by atoms with Crippen molar-refractivity contribution in [3.63, 3.8) is 0 Å². The van der Waals surface area contributed by atoms with Crippen LogP contribution in [0.25, 0.3) is 0 Å². The van der Waals surface area contributed by atoms with Gasteiger partial charge in [-0.15, -0.1) is 0 Å². The first kappa shape index (κ1) is 30.3. The lowest BCUT2D eigenvalue weighted by Gasteiger charge is -2.22. The van der Waals surface area contributed by atoms with Gasteiger partial charge < -0.3 is 33.7 Å². The molecule has 0 saturated carbocycles. The summed E-state index contributed by atoms with van der Waals surface area (Å²) in [5, 5.41) is 3.32. The van der Waals surface area contributed by atoms with Crippen molar-refractivity contribution >= 4 is 5.97 Å². The highest BCUT2D eigenvalue weighted by Crippen LogP contribution is 2.09. The maximum absolute atomic E-state index is 11.6. The van der Waals surface area contributed by atoms with E-state index >= 15 is 0 Å². The van der Waals surface area contributed by atoms with Crippen LogP contribution in [-0.4, -0.2) is 91.2 Å². The minimum atomic E-state index is -0.126. The Balaban J connectivity index is 1.68. The van der Waals surface area contributed by atoms with Gasteiger partial charge in [0.2, 0.25) is 0 Å². The van der Waals surface area contributed by atoms with Gasteiger partial charge in [-0.05, 0) is 32.4 Å². The van der Waals surface area contributed by atoms with Crippen molar-refractivity contribution in [1.29, 1.82) is 0 Å². The number of piperidine rings is 1. The molecule has 0 aromatic rings. The molecule has 0 aromatic heterocycles. The topological polar surface area (TPSA) is 84.5 Å². The van der Waals surface area contributed by atoms with E-state index in [9.17, 15) is 4.79 Å². The first-order valence-corrected chi connectivity index (χ1v) is 13.1. The van der Waals surface area contributed by atoms with E-state index in [1.165, 1.54) is 32.1 Å². The highest BCUT2D eigenvalue weighted by atomic mass is 16.6. The Labute approximate surface area is 201 Å². The largest absolute Gasteiger partial charge is 0.463 e. The zero-order chi connectivity index (χ0) is 23.7. The Bertz CT molecular complexity index is 420. The molecule has 8 heteroatoms. The van der Waals surface area contributed by atoms with Gasteiger partial charge in [0.25, 0.3) is 0 Å². The van der Waals surface area contributed by atoms with Gasteiger partial charge in [0, 0.05) is 6.42 Å². The zero-order valence-electron chi connectivity index (χ0n) is 21.0. The third-order valence-corrected chi connectivity index (χ3v) is 5.46. The maximum atomic E-state index is 11.6. The van der Waals surface area contributed by atoms with Crippen LogP contribution in [0.4, 0.5) is 0 Å². The normalized spacial score (nSPS) is 14.6. The lowest BCUT2D eigenvalue weighted by atomic mass is 10.1. The summed E-state index contributed by atoms with van der Waals surface area (Å²) in [4.78, 5) is 11.6. The minimum absolute atomic E-state index is 0.126. The summed E-state index contributed by atoms with van der Waals surface area (Å²) in [5.41, 5.74) is 0. The fourth-order valence-electron chi connectivity index (χ4n) is 3.51. The van der Waals surface area contributed by atoms with Crippen molar-refractivity contribution in [2.24, 2.45) is 0 Å². The number of nitrogens with one attached hydrogen (secondary N) is 1. The van der Waals surface area contributed by atoms with Gasteiger partial charge in [0.15, 0.2) is 0 Å². The monoisotopic (exact) mass is 475 g/mol. The fourth-order valence-corrected chi connectivity index (χ4v) is 3.51. The van der Waals surface area contributed by atoms with E-state index < -0.39 is 0 Å². The van der Waals surface area contributed by atoms with Crippen LogP contribution in [0.15, 0.2) is 0 Å². The lowest BCUT2D eigenvalue weighted by molar-refractivity contribution is -0.145. The van der Waals surface area contributed by atoms with Gasteiger partial charge in [-0.25, -0.2) is 0 Å². The average Bonchev–Trinajstić information content (AvgIpc) is 2.84. The summed E-state index contributed by atoms with van der Waals surface area (Å²) >= 11 is 0. The van der Waals surface area contributed by atoms with Gasteiger partial charge in [-0.2, -0.15) is 0 Å². The van der Waals surface area contributed by atoms with Crippen LogP contribution in [-0.2, 0) is 33.2 Å². The average molecular weight is 476 g/mol. The number of rotatable bonds is 24. The van der Waals surface area contributed by atoms with E-state index in [1.54, 1.807) is 0 Å². The number of esters is 1. The molecule has 1 heterocycles. The molecule has 0 amide bonds. The minimum Gasteiger partial charge on any atom is -0.463 e. The highest BCUT2D eigenvalue weighted by Gasteiger charge is 2.12. The smallest absolute Gasteiger partial charge is 0.305 e. The van der Waals surface area contributed by atoms with Crippen LogP contribution in [0.3, 0.4) is 0 Å². The predicted octanol–water partition coefficient (Wildman–Crippen LogP) is 3.51. The summed E-state index contributed by atoms with van der Waals surface area (Å²) < 4.78 is 32.8. The summed E-state index contributed by atoms with van der Waals surface area (Å²) in [6.45, 7) is 9.43. The Morgan fingerprint density at radius 3 is 1.73 bits per heavy atom. The summed E-state index contributed by atoms with van der Waals surface area (Å²) in [6, 6.07) is 0. The van der Waals surface area contributed by atoms with Crippen molar-refractivity contribution in [2.75, 3.05) is 79.2 Å². The van der Waals surface area contributed by atoms with Crippen LogP contribution in [0.2, 0.25) is 0 Å². The van der Waals surface area contributed by atoms with Crippen LogP contribution in [0.1, 0.15) is 71.1 Å². The molecule has 8 nitrogen and oxygen atoms in total. The van der Waals surface area contributed by atoms with E-state index in [4.69, 9.17) is 28.4 Å². The number of carbonyl (C=O) groups excluding carboxylic acids is 1. The molecule has 1 fully saturated rings. The molecule has 196 valence electrons. The quantitative estimate of drug-likeness (QED) is 0.168. The second kappa shape index (κ2) is 24.4. The number of carbonyl (C=O) groups is 1. The van der Waals surface area contributed by atoms with E-state index in [1.807, 2.05) is 0 Å². The summed E-state index contributed by atoms with van der Waals surface area (Å²) in [5.74, 6) is -0.126. The van der Waals surface area contributed by atoms with E-state index in [-0.39, 0.29) is 5.97 Å². The van der Waals surface area contributed by atoms with Crippen LogP contribution >= 0.6 is 0 Å². The Morgan fingerprint density at radius 1 is 0.667 bits per heavy atom. The molecule has 0 bridgehead atoms. The molecule has 1 aliphatic heterocycles. The van der Waals surface area contributed by atoms with Crippen LogP contribution in [0.5, 0.6) is 0 Å². The number of hydrogen-bond acceptors (Lipinski definition) is 8. The first-order chi connectivity index (χ1) is 16.3. The Morgan fingerprint density at radius 2 is 1.15 bits per heavy atom.